The summed E-state index contributed by atoms with van der Waals surface area (Å²) in [7, 11) is 3.14. The van der Waals surface area contributed by atoms with Crippen LogP contribution >= 0.6 is 11.3 Å². The lowest BCUT2D eigenvalue weighted by atomic mass is 10.1. The van der Waals surface area contributed by atoms with Gasteiger partial charge < -0.3 is 20.1 Å². The molecule has 0 fully saturated rings. The molecule has 0 radical (unpaired) electrons. The van der Waals surface area contributed by atoms with Crippen molar-refractivity contribution in [1.29, 1.82) is 0 Å². The number of methoxy groups -OCH3 is 2. The van der Waals surface area contributed by atoms with Crippen LogP contribution in [0.25, 0.3) is 0 Å². The topological polar surface area (TPSA) is 59.6 Å². The maximum Gasteiger partial charge on any atom is 0.315 e. The lowest BCUT2D eigenvalue weighted by molar-refractivity contribution is 0.238. The highest BCUT2D eigenvalue weighted by atomic mass is 32.1. The van der Waals surface area contributed by atoms with Crippen LogP contribution in [0, 0.1) is 5.82 Å². The minimum absolute atomic E-state index is 0.313. The molecular formula is C21H21FN2O3S. The van der Waals surface area contributed by atoms with Crippen LogP contribution in [-0.4, -0.2) is 20.3 Å². The molecule has 0 saturated heterocycles. The van der Waals surface area contributed by atoms with E-state index in [9.17, 15) is 9.18 Å². The molecule has 0 aliphatic carbocycles. The summed E-state index contributed by atoms with van der Waals surface area (Å²) in [5, 5.41) is 7.74. The molecule has 0 unspecified atom stereocenters. The SMILES string of the molecule is COc1ccc(CNC(=O)N[C@H](c2ccc(F)cc2)c2cccs2)cc1OC. The second kappa shape index (κ2) is 9.23. The molecule has 2 amide bonds. The Hall–Kier alpha value is -3.06. The van der Waals surface area contributed by atoms with Gasteiger partial charge in [0.25, 0.3) is 0 Å². The third-order valence-corrected chi connectivity index (χ3v) is 5.14. The first-order chi connectivity index (χ1) is 13.6. The van der Waals surface area contributed by atoms with Gasteiger partial charge in [-0.3, -0.25) is 0 Å². The number of carbonyl (C=O) groups excluding carboxylic acids is 1. The van der Waals surface area contributed by atoms with E-state index in [4.69, 9.17) is 9.47 Å². The van der Waals surface area contributed by atoms with E-state index in [-0.39, 0.29) is 17.9 Å². The van der Waals surface area contributed by atoms with Gasteiger partial charge in [-0.2, -0.15) is 0 Å². The molecule has 1 heterocycles. The summed E-state index contributed by atoms with van der Waals surface area (Å²) in [6, 6.07) is 14.8. The number of thiophene rings is 1. The number of urea groups is 1. The van der Waals surface area contributed by atoms with Crippen LogP contribution in [0.3, 0.4) is 0 Å². The van der Waals surface area contributed by atoms with Crippen molar-refractivity contribution in [2.75, 3.05) is 14.2 Å². The van der Waals surface area contributed by atoms with E-state index in [0.29, 0.717) is 18.0 Å². The van der Waals surface area contributed by atoms with Crippen LogP contribution in [0.1, 0.15) is 22.0 Å². The molecule has 2 aromatic carbocycles. The molecule has 3 aromatic rings. The van der Waals surface area contributed by atoms with Gasteiger partial charge in [-0.25, -0.2) is 9.18 Å². The zero-order valence-corrected chi connectivity index (χ0v) is 16.4. The molecular weight excluding hydrogens is 379 g/mol. The Morgan fingerprint density at radius 1 is 1.07 bits per heavy atom. The highest BCUT2D eigenvalue weighted by molar-refractivity contribution is 7.10. The smallest absolute Gasteiger partial charge is 0.315 e. The molecule has 1 aromatic heterocycles. The quantitative estimate of drug-likeness (QED) is 0.614. The lowest BCUT2D eigenvalue weighted by Crippen LogP contribution is -2.37. The van der Waals surface area contributed by atoms with Gasteiger partial charge in [0.2, 0.25) is 0 Å². The van der Waals surface area contributed by atoms with Crippen molar-refractivity contribution < 1.29 is 18.7 Å². The third-order valence-electron chi connectivity index (χ3n) is 4.21. The summed E-state index contributed by atoms with van der Waals surface area (Å²) in [6.07, 6.45) is 0. The second-order valence-corrected chi connectivity index (χ2v) is 7.00. The second-order valence-electron chi connectivity index (χ2n) is 6.02. The Labute approximate surface area is 167 Å². The zero-order chi connectivity index (χ0) is 19.9. The molecule has 7 heteroatoms. The molecule has 0 spiro atoms. The summed E-state index contributed by atoms with van der Waals surface area (Å²) in [5.74, 6) is 0.918. The number of hydrogen-bond donors (Lipinski definition) is 2. The van der Waals surface area contributed by atoms with Gasteiger partial charge in [0.15, 0.2) is 11.5 Å². The fraction of sp³-hybridized carbons (Fsp3) is 0.190. The van der Waals surface area contributed by atoms with Gasteiger partial charge in [0.05, 0.1) is 20.3 Å². The molecule has 5 nitrogen and oxygen atoms in total. The Kier molecular flexibility index (Phi) is 6.49. The van der Waals surface area contributed by atoms with Gasteiger partial charge in [0.1, 0.15) is 5.82 Å². The number of benzene rings is 2. The minimum Gasteiger partial charge on any atom is -0.493 e. The molecule has 1 atom stereocenters. The number of halogens is 1. The number of carbonyl (C=O) groups is 1. The van der Waals surface area contributed by atoms with E-state index >= 15 is 0 Å². The predicted molar refractivity (Wildman–Crippen MR) is 107 cm³/mol. The fourth-order valence-corrected chi connectivity index (χ4v) is 3.59. The summed E-state index contributed by atoms with van der Waals surface area (Å²) >= 11 is 1.53. The molecule has 0 aliphatic rings. The number of hydrogen-bond acceptors (Lipinski definition) is 4. The van der Waals surface area contributed by atoms with E-state index in [2.05, 4.69) is 10.6 Å². The van der Waals surface area contributed by atoms with Gasteiger partial charge >= 0.3 is 6.03 Å². The highest BCUT2D eigenvalue weighted by Gasteiger charge is 2.18. The Morgan fingerprint density at radius 3 is 2.46 bits per heavy atom. The molecule has 0 saturated carbocycles. The molecule has 28 heavy (non-hydrogen) atoms. The molecule has 3 rings (SSSR count). The monoisotopic (exact) mass is 400 g/mol. The maximum absolute atomic E-state index is 13.3. The number of nitrogens with one attached hydrogen (secondary N) is 2. The first-order valence-corrected chi connectivity index (χ1v) is 9.53. The van der Waals surface area contributed by atoms with Crippen LogP contribution in [-0.2, 0) is 6.54 Å². The third kappa shape index (κ3) is 4.80. The van der Waals surface area contributed by atoms with Crippen molar-refractivity contribution in [1.82, 2.24) is 10.6 Å². The van der Waals surface area contributed by atoms with E-state index in [1.54, 1.807) is 32.4 Å². The normalized spacial score (nSPS) is 11.5. The standard InChI is InChI=1S/C21H21FN2O3S/c1-26-17-10-5-14(12-18(17)27-2)13-23-21(25)24-20(19-4-3-11-28-19)15-6-8-16(22)9-7-15/h3-12,20H,13H2,1-2H3,(H2,23,24,25)/t20-/m1/s1. The van der Waals surface area contributed by atoms with Gasteiger partial charge in [-0.05, 0) is 46.8 Å². The molecule has 0 aliphatic heterocycles. The van der Waals surface area contributed by atoms with Crippen LogP contribution in [0.5, 0.6) is 11.5 Å². The number of ether oxygens (including phenoxy) is 2. The average Bonchev–Trinajstić information content (AvgIpc) is 3.25. The molecule has 146 valence electrons. The van der Waals surface area contributed by atoms with Crippen LogP contribution in [0.4, 0.5) is 9.18 Å². The first-order valence-electron chi connectivity index (χ1n) is 8.65. The maximum atomic E-state index is 13.3. The van der Waals surface area contributed by atoms with Crippen LogP contribution in [0.15, 0.2) is 60.0 Å². The first kappa shape index (κ1) is 19.7. The fourth-order valence-electron chi connectivity index (χ4n) is 2.78. The van der Waals surface area contributed by atoms with E-state index in [1.807, 2.05) is 29.6 Å². The van der Waals surface area contributed by atoms with Gasteiger partial charge in [-0.1, -0.05) is 24.3 Å². The Bertz CT molecular complexity index is 914. The highest BCUT2D eigenvalue weighted by Crippen LogP contribution is 2.28. The van der Waals surface area contributed by atoms with Crippen LogP contribution < -0.4 is 20.1 Å². The minimum atomic E-state index is -0.356. The van der Waals surface area contributed by atoms with Crippen molar-refractivity contribution in [3.8, 4) is 11.5 Å². The van der Waals surface area contributed by atoms with E-state index in [0.717, 1.165) is 16.0 Å². The van der Waals surface area contributed by atoms with E-state index < -0.39 is 0 Å². The Morgan fingerprint density at radius 2 is 1.82 bits per heavy atom. The summed E-state index contributed by atoms with van der Waals surface area (Å²) < 4.78 is 23.8. The summed E-state index contributed by atoms with van der Waals surface area (Å²) in [5.41, 5.74) is 1.69. The number of amides is 2. The van der Waals surface area contributed by atoms with Crippen molar-refractivity contribution in [2.45, 2.75) is 12.6 Å². The van der Waals surface area contributed by atoms with Crippen LogP contribution in [0.2, 0.25) is 0 Å². The Balaban J connectivity index is 1.68. The van der Waals surface area contributed by atoms with E-state index in [1.165, 1.54) is 23.5 Å². The zero-order valence-electron chi connectivity index (χ0n) is 15.6. The van der Waals surface area contributed by atoms with Crippen molar-refractivity contribution >= 4 is 17.4 Å². The summed E-state index contributed by atoms with van der Waals surface area (Å²) in [6.45, 7) is 0.326. The van der Waals surface area contributed by atoms with Crippen molar-refractivity contribution in [3.05, 3.63) is 81.8 Å². The predicted octanol–water partition coefficient (Wildman–Crippen LogP) is 4.49. The van der Waals surface area contributed by atoms with Crippen molar-refractivity contribution in [3.63, 3.8) is 0 Å². The van der Waals surface area contributed by atoms with Gasteiger partial charge in [-0.15, -0.1) is 11.3 Å². The largest absolute Gasteiger partial charge is 0.493 e. The van der Waals surface area contributed by atoms with Gasteiger partial charge in [0, 0.05) is 11.4 Å². The molecule has 0 bridgehead atoms. The average molecular weight is 400 g/mol. The molecule has 2 N–H and O–H groups in total. The van der Waals surface area contributed by atoms with Crippen molar-refractivity contribution in [2.24, 2.45) is 0 Å². The lowest BCUT2D eigenvalue weighted by Gasteiger charge is -2.19. The number of rotatable bonds is 7. The summed E-state index contributed by atoms with van der Waals surface area (Å²) in [4.78, 5) is 13.5.